The third-order valence-electron chi connectivity index (χ3n) is 1.65. The van der Waals surface area contributed by atoms with Gasteiger partial charge in [0.2, 0.25) is 0 Å². The number of hydrogen-bond acceptors (Lipinski definition) is 4. The van der Waals surface area contributed by atoms with Gasteiger partial charge in [-0.15, -0.1) is 0 Å². The highest BCUT2D eigenvalue weighted by Gasteiger charge is 2.08. The first-order valence-corrected chi connectivity index (χ1v) is 4.38. The minimum Gasteiger partial charge on any atom is -0.494 e. The molecule has 0 aliphatic carbocycles. The summed E-state index contributed by atoms with van der Waals surface area (Å²) in [6.07, 6.45) is -0.662. The largest absolute Gasteiger partial charge is 0.494 e. The Balaban J connectivity index is 2.78. The van der Waals surface area contributed by atoms with Crippen molar-refractivity contribution in [3.05, 3.63) is 28.0 Å². The third kappa shape index (κ3) is 3.43. The van der Waals surface area contributed by atoms with Gasteiger partial charge in [0, 0.05) is 18.7 Å². The molecule has 1 aromatic rings. The zero-order chi connectivity index (χ0) is 11.4. The summed E-state index contributed by atoms with van der Waals surface area (Å²) in [6, 6.07) is 2.20. The fraction of sp³-hybridized carbons (Fsp3) is 0.333. The predicted molar refractivity (Wildman–Crippen MR) is 52.7 cm³/mol. The van der Waals surface area contributed by atoms with Crippen molar-refractivity contribution in [3.63, 3.8) is 0 Å². The van der Waals surface area contributed by atoms with E-state index in [-0.39, 0.29) is 18.0 Å². The van der Waals surface area contributed by atoms with Crippen LogP contribution in [0, 0.1) is 0 Å². The monoisotopic (exact) mass is 212 g/mol. The Labute approximate surface area is 85.6 Å². The zero-order valence-corrected chi connectivity index (χ0v) is 8.15. The van der Waals surface area contributed by atoms with Crippen molar-refractivity contribution in [1.29, 1.82) is 0 Å². The maximum absolute atomic E-state index is 11.4. The molecular formula is C9H12N2O4. The fourth-order valence-electron chi connectivity index (χ4n) is 1.00. The number of hydrogen-bond donors (Lipinski definition) is 4. The molecule has 0 bridgehead atoms. The number of carbonyl (C=O) groups is 1. The number of H-pyrrole nitrogens is 1. The predicted octanol–water partition coefficient (Wildman–Crippen LogP) is -0.809. The summed E-state index contributed by atoms with van der Waals surface area (Å²) in [4.78, 5) is 24.4. The van der Waals surface area contributed by atoms with Crippen LogP contribution in [0.2, 0.25) is 0 Å². The van der Waals surface area contributed by atoms with Crippen LogP contribution in [0.25, 0.3) is 0 Å². The minimum atomic E-state index is -0.662. The van der Waals surface area contributed by atoms with Gasteiger partial charge < -0.3 is 15.5 Å². The van der Waals surface area contributed by atoms with Gasteiger partial charge in [0.25, 0.3) is 11.5 Å². The number of aromatic nitrogens is 1. The standard InChI is InChI=1S/C9H12N2O4/c1-5(12)4-10-9(15)6-2-7(13)11-8(14)3-6/h2-3,5,12H,4H2,1H3,(H,10,15)(H2,11,13,14)/t5-/m1/s1. The lowest BCUT2D eigenvalue weighted by atomic mass is 10.2. The van der Waals surface area contributed by atoms with Crippen molar-refractivity contribution < 1.29 is 15.0 Å². The Bertz CT molecular complexity index is 411. The number of aromatic hydroxyl groups is 1. The summed E-state index contributed by atoms with van der Waals surface area (Å²) in [7, 11) is 0. The van der Waals surface area contributed by atoms with Crippen molar-refractivity contribution in [3.8, 4) is 5.88 Å². The molecular weight excluding hydrogens is 200 g/mol. The highest BCUT2D eigenvalue weighted by atomic mass is 16.3. The smallest absolute Gasteiger partial charge is 0.251 e. The molecule has 6 nitrogen and oxygen atoms in total. The number of carbonyl (C=O) groups excluding carboxylic acids is 1. The molecule has 0 spiro atoms. The topological polar surface area (TPSA) is 102 Å². The number of aliphatic hydroxyl groups is 1. The maximum atomic E-state index is 11.4. The van der Waals surface area contributed by atoms with Crippen LogP contribution in [0.4, 0.5) is 0 Å². The average molecular weight is 212 g/mol. The van der Waals surface area contributed by atoms with Gasteiger partial charge in [0.05, 0.1) is 11.7 Å². The number of aliphatic hydroxyl groups excluding tert-OH is 1. The lowest BCUT2D eigenvalue weighted by Gasteiger charge is -2.06. The summed E-state index contributed by atoms with van der Waals surface area (Å²) in [6.45, 7) is 1.61. The molecule has 15 heavy (non-hydrogen) atoms. The van der Waals surface area contributed by atoms with E-state index in [0.717, 1.165) is 12.1 Å². The molecule has 4 N–H and O–H groups in total. The Hall–Kier alpha value is -1.82. The van der Waals surface area contributed by atoms with E-state index in [4.69, 9.17) is 10.2 Å². The molecule has 0 unspecified atom stereocenters. The second-order valence-electron chi connectivity index (χ2n) is 3.18. The van der Waals surface area contributed by atoms with Crippen LogP contribution in [0.1, 0.15) is 17.3 Å². The summed E-state index contributed by atoms with van der Waals surface area (Å²) < 4.78 is 0. The highest BCUT2D eigenvalue weighted by molar-refractivity contribution is 5.94. The molecule has 0 aliphatic rings. The van der Waals surface area contributed by atoms with Gasteiger partial charge in [-0.05, 0) is 6.92 Å². The summed E-state index contributed by atoms with van der Waals surface area (Å²) in [5, 5.41) is 20.4. The van der Waals surface area contributed by atoms with Crippen LogP contribution < -0.4 is 10.9 Å². The van der Waals surface area contributed by atoms with Gasteiger partial charge in [-0.25, -0.2) is 0 Å². The maximum Gasteiger partial charge on any atom is 0.251 e. The molecule has 1 atom stereocenters. The first-order chi connectivity index (χ1) is 6.99. The Morgan fingerprint density at radius 1 is 1.60 bits per heavy atom. The second kappa shape index (κ2) is 4.61. The quantitative estimate of drug-likeness (QED) is 0.526. The van der Waals surface area contributed by atoms with Crippen LogP contribution in [0.3, 0.4) is 0 Å². The van der Waals surface area contributed by atoms with Crippen molar-refractivity contribution in [2.24, 2.45) is 0 Å². The molecule has 0 aliphatic heterocycles. The molecule has 0 fully saturated rings. The van der Waals surface area contributed by atoms with E-state index in [1.165, 1.54) is 6.92 Å². The van der Waals surface area contributed by atoms with Crippen molar-refractivity contribution in [2.75, 3.05) is 6.54 Å². The molecule has 1 rings (SSSR count). The Kier molecular flexibility index (Phi) is 3.46. The molecule has 0 aromatic carbocycles. The molecule has 1 aromatic heterocycles. The number of amides is 1. The van der Waals surface area contributed by atoms with Crippen molar-refractivity contribution >= 4 is 5.91 Å². The first-order valence-electron chi connectivity index (χ1n) is 4.38. The summed E-state index contributed by atoms with van der Waals surface area (Å²) in [5.41, 5.74) is -0.505. The number of aromatic amines is 1. The summed E-state index contributed by atoms with van der Waals surface area (Å²) in [5.74, 6) is -0.887. The fourth-order valence-corrected chi connectivity index (χ4v) is 1.00. The molecule has 0 radical (unpaired) electrons. The molecule has 0 saturated carbocycles. The van der Waals surface area contributed by atoms with Gasteiger partial charge in [0.15, 0.2) is 5.88 Å². The normalized spacial score (nSPS) is 12.1. The van der Waals surface area contributed by atoms with Crippen LogP contribution in [-0.4, -0.2) is 33.8 Å². The van der Waals surface area contributed by atoms with E-state index in [1.54, 1.807) is 0 Å². The number of rotatable bonds is 3. The van der Waals surface area contributed by atoms with E-state index in [9.17, 15) is 9.59 Å². The minimum absolute atomic E-state index is 0.0527. The van der Waals surface area contributed by atoms with Gasteiger partial charge in [-0.2, -0.15) is 0 Å². The van der Waals surface area contributed by atoms with Gasteiger partial charge >= 0.3 is 0 Å². The first kappa shape index (κ1) is 11.3. The Morgan fingerprint density at radius 3 is 2.80 bits per heavy atom. The van der Waals surface area contributed by atoms with Crippen molar-refractivity contribution in [2.45, 2.75) is 13.0 Å². The van der Waals surface area contributed by atoms with Gasteiger partial charge in [0.1, 0.15) is 0 Å². The molecule has 1 heterocycles. The van der Waals surface area contributed by atoms with E-state index in [2.05, 4.69) is 10.3 Å². The van der Waals surface area contributed by atoms with E-state index < -0.39 is 17.6 Å². The van der Waals surface area contributed by atoms with Gasteiger partial charge in [-0.1, -0.05) is 0 Å². The van der Waals surface area contributed by atoms with E-state index in [1.807, 2.05) is 0 Å². The zero-order valence-electron chi connectivity index (χ0n) is 8.15. The van der Waals surface area contributed by atoms with Crippen molar-refractivity contribution in [1.82, 2.24) is 10.3 Å². The molecule has 82 valence electrons. The van der Waals surface area contributed by atoms with E-state index in [0.29, 0.717) is 0 Å². The molecule has 6 heteroatoms. The van der Waals surface area contributed by atoms with Gasteiger partial charge in [-0.3, -0.25) is 14.6 Å². The SMILES string of the molecule is C[C@@H](O)CNC(=O)c1cc(O)[nH]c(=O)c1. The number of pyridine rings is 1. The molecule has 1 amide bonds. The summed E-state index contributed by atoms with van der Waals surface area (Å²) >= 11 is 0. The third-order valence-corrected chi connectivity index (χ3v) is 1.65. The lowest BCUT2D eigenvalue weighted by Crippen LogP contribution is -2.31. The average Bonchev–Trinajstić information content (AvgIpc) is 2.12. The van der Waals surface area contributed by atoms with Crippen LogP contribution in [-0.2, 0) is 0 Å². The van der Waals surface area contributed by atoms with E-state index >= 15 is 0 Å². The Morgan fingerprint density at radius 2 is 2.27 bits per heavy atom. The van der Waals surface area contributed by atoms with Crippen LogP contribution >= 0.6 is 0 Å². The highest BCUT2D eigenvalue weighted by Crippen LogP contribution is 2.03. The van der Waals surface area contributed by atoms with Crippen LogP contribution in [0.5, 0.6) is 5.88 Å². The van der Waals surface area contributed by atoms with Crippen LogP contribution in [0.15, 0.2) is 16.9 Å². The number of nitrogens with one attached hydrogen (secondary N) is 2. The molecule has 0 saturated heterocycles. The second-order valence-corrected chi connectivity index (χ2v) is 3.18. The lowest BCUT2D eigenvalue weighted by molar-refractivity contribution is 0.0923.